The van der Waals surface area contributed by atoms with Gasteiger partial charge in [-0.2, -0.15) is 4.31 Å². The highest BCUT2D eigenvalue weighted by Gasteiger charge is 2.26. The summed E-state index contributed by atoms with van der Waals surface area (Å²) in [5.41, 5.74) is 7.01. The molecule has 0 atom stereocenters. The van der Waals surface area contributed by atoms with Gasteiger partial charge in [0.25, 0.3) is 0 Å². The number of sulfonamides is 1. The van der Waals surface area contributed by atoms with Crippen molar-refractivity contribution >= 4 is 31.6 Å². The summed E-state index contributed by atoms with van der Waals surface area (Å²) < 4.78 is 27.8. The molecule has 0 amide bonds. The van der Waals surface area contributed by atoms with Crippen LogP contribution in [0.15, 0.2) is 59.5 Å². The van der Waals surface area contributed by atoms with Crippen molar-refractivity contribution in [2.75, 3.05) is 13.1 Å². The largest absolute Gasteiger partial charge is 0.243 e. The topological polar surface area (TPSA) is 50.3 Å². The van der Waals surface area contributed by atoms with Crippen LogP contribution in [0.25, 0.3) is 32.6 Å². The first kappa shape index (κ1) is 22.9. The van der Waals surface area contributed by atoms with Crippen molar-refractivity contribution in [3.8, 4) is 22.4 Å². The molecule has 180 valence electrons. The SMILES string of the molecule is Cc1ccc(-c2cc(-c3ccc(S(=O)(=O)N4CCCCC4)cc3)nc3sc4c(c23)CCCC4)cc1. The maximum absolute atomic E-state index is 13.1. The summed E-state index contributed by atoms with van der Waals surface area (Å²) in [6, 6.07) is 18.3. The summed E-state index contributed by atoms with van der Waals surface area (Å²) in [6.45, 7) is 3.35. The van der Waals surface area contributed by atoms with Gasteiger partial charge in [-0.05, 0) is 80.3 Å². The standard InChI is InChI=1S/C29H30N2O2S2/c1-20-9-11-21(12-10-20)25-19-26(30-29-28(25)24-7-3-4-8-27(24)34-29)22-13-15-23(16-14-22)35(32,33)31-17-5-2-6-18-31/h9-16,19H,2-8,17-18H2,1H3. The van der Waals surface area contributed by atoms with Crippen LogP contribution in [0.4, 0.5) is 0 Å². The zero-order chi connectivity index (χ0) is 24.0. The van der Waals surface area contributed by atoms with Gasteiger partial charge in [0.05, 0.1) is 10.6 Å². The van der Waals surface area contributed by atoms with Crippen LogP contribution in [0.2, 0.25) is 0 Å². The van der Waals surface area contributed by atoms with Crippen LogP contribution < -0.4 is 0 Å². The van der Waals surface area contributed by atoms with E-state index in [1.165, 1.54) is 45.4 Å². The number of fused-ring (bicyclic) bond motifs is 3. The molecule has 1 fully saturated rings. The van der Waals surface area contributed by atoms with Gasteiger partial charge in [-0.25, -0.2) is 13.4 Å². The second-order valence-electron chi connectivity index (χ2n) is 9.80. The van der Waals surface area contributed by atoms with Crippen LogP contribution in [-0.2, 0) is 22.9 Å². The number of thiophene rings is 1. The normalized spacial score (nSPS) is 16.9. The minimum absolute atomic E-state index is 0.370. The van der Waals surface area contributed by atoms with Crippen molar-refractivity contribution in [3.63, 3.8) is 0 Å². The third-order valence-corrected chi connectivity index (χ3v) is 10.5. The van der Waals surface area contributed by atoms with Crippen molar-refractivity contribution in [2.45, 2.75) is 56.8 Å². The number of rotatable bonds is 4. The third-order valence-electron chi connectivity index (χ3n) is 7.39. The van der Waals surface area contributed by atoms with Crippen molar-refractivity contribution in [2.24, 2.45) is 0 Å². The van der Waals surface area contributed by atoms with Crippen LogP contribution >= 0.6 is 11.3 Å². The van der Waals surface area contributed by atoms with Crippen molar-refractivity contribution in [1.82, 2.24) is 9.29 Å². The van der Waals surface area contributed by atoms with Gasteiger partial charge >= 0.3 is 0 Å². The first-order valence-electron chi connectivity index (χ1n) is 12.6. The zero-order valence-electron chi connectivity index (χ0n) is 20.1. The molecule has 4 nitrogen and oxygen atoms in total. The number of nitrogens with zero attached hydrogens (tertiary/aromatic N) is 2. The van der Waals surface area contributed by atoms with Gasteiger partial charge in [-0.15, -0.1) is 11.3 Å². The molecule has 1 aliphatic carbocycles. The molecular formula is C29H30N2O2S2. The van der Waals surface area contributed by atoms with Crippen molar-refractivity contribution in [3.05, 3.63) is 70.6 Å². The molecule has 1 aliphatic heterocycles. The Hall–Kier alpha value is -2.54. The summed E-state index contributed by atoms with van der Waals surface area (Å²) in [5.74, 6) is 0. The second kappa shape index (κ2) is 9.16. The molecular weight excluding hydrogens is 472 g/mol. The van der Waals surface area contributed by atoms with Crippen LogP contribution in [-0.4, -0.2) is 30.8 Å². The molecule has 2 aromatic carbocycles. The van der Waals surface area contributed by atoms with E-state index in [1.54, 1.807) is 16.4 Å². The number of aryl methyl sites for hydroxylation is 3. The number of piperidine rings is 1. The van der Waals surface area contributed by atoms with E-state index in [0.29, 0.717) is 18.0 Å². The molecule has 1 saturated heterocycles. The minimum atomic E-state index is -3.44. The van der Waals surface area contributed by atoms with E-state index < -0.39 is 10.0 Å². The van der Waals surface area contributed by atoms with E-state index in [-0.39, 0.29) is 0 Å². The van der Waals surface area contributed by atoms with Gasteiger partial charge in [0, 0.05) is 28.9 Å². The Morgan fingerprint density at radius 2 is 1.51 bits per heavy atom. The molecule has 0 N–H and O–H groups in total. The van der Waals surface area contributed by atoms with E-state index in [4.69, 9.17) is 4.98 Å². The molecule has 4 aromatic rings. The lowest BCUT2D eigenvalue weighted by Crippen LogP contribution is -2.35. The van der Waals surface area contributed by atoms with E-state index in [1.807, 2.05) is 23.5 Å². The van der Waals surface area contributed by atoms with Crippen LogP contribution in [0.1, 0.15) is 48.1 Å². The number of hydrogen-bond donors (Lipinski definition) is 0. The minimum Gasteiger partial charge on any atom is -0.237 e. The summed E-state index contributed by atoms with van der Waals surface area (Å²) in [7, 11) is -3.44. The van der Waals surface area contributed by atoms with E-state index in [2.05, 4.69) is 37.3 Å². The molecule has 2 aromatic heterocycles. The maximum atomic E-state index is 13.1. The Balaban J connectivity index is 1.44. The smallest absolute Gasteiger partial charge is 0.237 e. The van der Waals surface area contributed by atoms with E-state index in [0.717, 1.165) is 48.2 Å². The van der Waals surface area contributed by atoms with Gasteiger partial charge < -0.3 is 0 Å². The third kappa shape index (κ3) is 4.22. The zero-order valence-corrected chi connectivity index (χ0v) is 21.7. The monoisotopic (exact) mass is 502 g/mol. The van der Waals surface area contributed by atoms with Crippen LogP contribution in [0.3, 0.4) is 0 Å². The summed E-state index contributed by atoms with van der Waals surface area (Å²) in [6.07, 6.45) is 7.73. The lowest BCUT2D eigenvalue weighted by molar-refractivity contribution is 0.346. The molecule has 6 heteroatoms. The molecule has 0 saturated carbocycles. The molecule has 0 radical (unpaired) electrons. The van der Waals surface area contributed by atoms with Gasteiger partial charge in [0.1, 0.15) is 4.83 Å². The average molecular weight is 503 g/mol. The highest BCUT2D eigenvalue weighted by atomic mass is 32.2. The molecule has 35 heavy (non-hydrogen) atoms. The Labute approximate surface area is 211 Å². The van der Waals surface area contributed by atoms with Gasteiger partial charge in [-0.3, -0.25) is 0 Å². The predicted octanol–water partition coefficient (Wildman–Crippen LogP) is 6.99. The van der Waals surface area contributed by atoms with Gasteiger partial charge in [-0.1, -0.05) is 48.4 Å². The molecule has 0 bridgehead atoms. The fraction of sp³-hybridized carbons (Fsp3) is 0.345. The predicted molar refractivity (Wildman–Crippen MR) is 144 cm³/mol. The number of aromatic nitrogens is 1. The van der Waals surface area contributed by atoms with Gasteiger partial charge in [0.2, 0.25) is 10.0 Å². The second-order valence-corrected chi connectivity index (χ2v) is 12.8. The van der Waals surface area contributed by atoms with Crippen molar-refractivity contribution in [1.29, 1.82) is 0 Å². The Kier molecular flexibility index (Phi) is 5.99. The lowest BCUT2D eigenvalue weighted by Gasteiger charge is -2.25. The molecule has 0 spiro atoms. The number of hydrogen-bond acceptors (Lipinski definition) is 4. The lowest BCUT2D eigenvalue weighted by atomic mass is 9.92. The highest BCUT2D eigenvalue weighted by Crippen LogP contribution is 2.42. The van der Waals surface area contributed by atoms with Crippen LogP contribution in [0.5, 0.6) is 0 Å². The average Bonchev–Trinajstić information content (AvgIpc) is 3.28. The molecule has 6 rings (SSSR count). The summed E-state index contributed by atoms with van der Waals surface area (Å²) >= 11 is 1.83. The summed E-state index contributed by atoms with van der Waals surface area (Å²) in [5, 5.41) is 1.31. The highest BCUT2D eigenvalue weighted by molar-refractivity contribution is 7.89. The molecule has 0 unspecified atom stereocenters. The van der Waals surface area contributed by atoms with Gasteiger partial charge in [0.15, 0.2) is 0 Å². The fourth-order valence-electron chi connectivity index (χ4n) is 5.42. The number of pyridine rings is 1. The Morgan fingerprint density at radius 1 is 0.829 bits per heavy atom. The molecule has 3 heterocycles. The van der Waals surface area contributed by atoms with Crippen LogP contribution in [0, 0.1) is 6.92 Å². The maximum Gasteiger partial charge on any atom is 0.243 e. The first-order valence-corrected chi connectivity index (χ1v) is 14.9. The van der Waals surface area contributed by atoms with Crippen molar-refractivity contribution < 1.29 is 8.42 Å². The Morgan fingerprint density at radius 3 is 2.26 bits per heavy atom. The quantitative estimate of drug-likeness (QED) is 0.302. The van der Waals surface area contributed by atoms with E-state index in [9.17, 15) is 8.42 Å². The summed E-state index contributed by atoms with van der Waals surface area (Å²) in [4.78, 5) is 8.04. The Bertz CT molecular complexity index is 1480. The fourth-order valence-corrected chi connectivity index (χ4v) is 8.22. The number of benzene rings is 2. The first-order chi connectivity index (χ1) is 17.0. The van der Waals surface area contributed by atoms with E-state index >= 15 is 0 Å². The molecule has 2 aliphatic rings.